The van der Waals surface area contributed by atoms with E-state index in [2.05, 4.69) is 24.3 Å². The van der Waals surface area contributed by atoms with E-state index in [4.69, 9.17) is 4.52 Å². The van der Waals surface area contributed by atoms with E-state index in [1.54, 1.807) is 24.0 Å². The average Bonchev–Trinajstić information content (AvgIpc) is 3.06. The largest absolute Gasteiger partial charge is 0.360 e. The van der Waals surface area contributed by atoms with Crippen molar-refractivity contribution in [1.29, 1.82) is 0 Å². The summed E-state index contributed by atoms with van der Waals surface area (Å²) in [5, 5.41) is 6.45. The van der Waals surface area contributed by atoms with Crippen LogP contribution < -0.4 is 10.2 Å². The summed E-state index contributed by atoms with van der Waals surface area (Å²) < 4.78 is 4.96. The molecule has 0 spiro atoms. The first-order valence-electron chi connectivity index (χ1n) is 9.36. The third-order valence-corrected chi connectivity index (χ3v) is 4.63. The van der Waals surface area contributed by atoms with Crippen molar-refractivity contribution >= 4 is 17.6 Å². The summed E-state index contributed by atoms with van der Waals surface area (Å²) in [5.74, 6) is 0.546. The third-order valence-electron chi connectivity index (χ3n) is 4.63. The van der Waals surface area contributed by atoms with Crippen LogP contribution in [-0.2, 0) is 4.79 Å². The highest BCUT2D eigenvalue weighted by molar-refractivity contribution is 5.99. The van der Waals surface area contributed by atoms with Gasteiger partial charge in [0.2, 0.25) is 5.91 Å². The van der Waals surface area contributed by atoms with Gasteiger partial charge in [-0.25, -0.2) is 0 Å². The van der Waals surface area contributed by atoms with Crippen molar-refractivity contribution in [3.63, 3.8) is 0 Å². The molecule has 2 aromatic rings. The highest BCUT2D eigenvalue weighted by atomic mass is 16.5. The van der Waals surface area contributed by atoms with Gasteiger partial charge in [0.15, 0.2) is 5.82 Å². The van der Waals surface area contributed by atoms with E-state index in [0.717, 1.165) is 25.2 Å². The Morgan fingerprint density at radius 1 is 1.19 bits per heavy atom. The average molecular weight is 373 g/mol. The maximum Gasteiger partial charge on any atom is 0.254 e. The van der Waals surface area contributed by atoms with Crippen LogP contribution in [0.1, 0.15) is 35.5 Å². The number of nitrogens with one attached hydrogen (secondary N) is 2. The second kappa shape index (κ2) is 9.87. The highest BCUT2D eigenvalue weighted by Gasteiger charge is 2.22. The van der Waals surface area contributed by atoms with E-state index in [0.29, 0.717) is 23.7 Å². The van der Waals surface area contributed by atoms with Gasteiger partial charge in [-0.2, -0.15) is 0 Å². The Morgan fingerprint density at radius 2 is 1.89 bits per heavy atom. The Labute approximate surface area is 160 Å². The molecular weight excluding hydrogens is 344 g/mol. The van der Waals surface area contributed by atoms with Crippen molar-refractivity contribution < 1.29 is 19.0 Å². The molecule has 0 aliphatic rings. The van der Waals surface area contributed by atoms with Crippen LogP contribution in [0.25, 0.3) is 0 Å². The first-order chi connectivity index (χ1) is 12.9. The fourth-order valence-electron chi connectivity index (χ4n) is 2.91. The molecule has 0 saturated heterocycles. The van der Waals surface area contributed by atoms with Crippen molar-refractivity contribution in [2.24, 2.45) is 0 Å². The standard InChI is InChI=1S/C20H28N4O3/c1-5-23(6-2)11-12-24(20(26)17-10-8-7-9-15(17)3)14-19(25)21-18-13-16(4)27-22-18/h7-10,13H,5-6,11-12,14H2,1-4H3,(H,21,22,25)/p+1. The minimum atomic E-state index is -0.292. The Hall–Kier alpha value is -2.67. The van der Waals surface area contributed by atoms with Crippen molar-refractivity contribution in [2.45, 2.75) is 27.7 Å². The maximum atomic E-state index is 13.0. The molecule has 0 atom stereocenters. The Bertz CT molecular complexity index is 768. The van der Waals surface area contributed by atoms with E-state index >= 15 is 0 Å². The van der Waals surface area contributed by atoms with Gasteiger partial charge in [-0.3, -0.25) is 9.59 Å². The number of hydrogen-bond donors (Lipinski definition) is 2. The minimum absolute atomic E-state index is 0.0280. The molecule has 27 heavy (non-hydrogen) atoms. The summed E-state index contributed by atoms with van der Waals surface area (Å²) in [4.78, 5) is 28.5. The number of quaternary nitrogens is 1. The molecule has 7 heteroatoms. The molecule has 146 valence electrons. The lowest BCUT2D eigenvalue weighted by Gasteiger charge is -2.25. The summed E-state index contributed by atoms with van der Waals surface area (Å²) in [7, 11) is 0. The van der Waals surface area contributed by atoms with Gasteiger partial charge in [-0.15, -0.1) is 0 Å². The number of hydrogen-bond acceptors (Lipinski definition) is 4. The van der Waals surface area contributed by atoms with Crippen LogP contribution >= 0.6 is 0 Å². The molecule has 0 aliphatic heterocycles. The van der Waals surface area contributed by atoms with E-state index in [1.165, 1.54) is 4.90 Å². The summed E-state index contributed by atoms with van der Waals surface area (Å²) in [6.07, 6.45) is 0. The molecule has 2 rings (SSSR count). The van der Waals surface area contributed by atoms with Crippen LogP contribution in [-0.4, -0.2) is 54.6 Å². The second-order valence-corrected chi connectivity index (χ2v) is 6.62. The van der Waals surface area contributed by atoms with Crippen molar-refractivity contribution in [3.8, 4) is 0 Å². The molecule has 0 unspecified atom stereocenters. The summed E-state index contributed by atoms with van der Waals surface area (Å²) >= 11 is 0. The summed E-state index contributed by atoms with van der Waals surface area (Å²) in [5.41, 5.74) is 1.52. The topological polar surface area (TPSA) is 79.9 Å². The number of nitrogens with zero attached hydrogens (tertiary/aromatic N) is 2. The van der Waals surface area contributed by atoms with Gasteiger partial charge >= 0.3 is 0 Å². The van der Waals surface area contributed by atoms with Crippen LogP contribution in [0.4, 0.5) is 5.82 Å². The van der Waals surface area contributed by atoms with Crippen LogP contribution in [0.2, 0.25) is 0 Å². The summed E-state index contributed by atoms with van der Waals surface area (Å²) in [6, 6.07) is 9.08. The lowest BCUT2D eigenvalue weighted by Crippen LogP contribution is -3.12. The number of carbonyl (C=O) groups excluding carboxylic acids is 2. The van der Waals surface area contributed by atoms with Gasteiger partial charge in [0, 0.05) is 11.6 Å². The summed E-state index contributed by atoms with van der Waals surface area (Å²) in [6.45, 7) is 11.1. The van der Waals surface area contributed by atoms with Gasteiger partial charge < -0.3 is 19.6 Å². The maximum absolute atomic E-state index is 13.0. The first-order valence-corrected chi connectivity index (χ1v) is 9.36. The van der Waals surface area contributed by atoms with Crippen LogP contribution in [0, 0.1) is 13.8 Å². The number of anilines is 1. The van der Waals surface area contributed by atoms with Crippen molar-refractivity contribution in [2.75, 3.05) is 38.0 Å². The SMILES string of the molecule is CC[NH+](CC)CCN(CC(=O)Nc1cc(C)on1)C(=O)c1ccccc1C. The zero-order chi connectivity index (χ0) is 19.8. The lowest BCUT2D eigenvalue weighted by atomic mass is 10.1. The smallest absolute Gasteiger partial charge is 0.254 e. The Morgan fingerprint density at radius 3 is 2.48 bits per heavy atom. The van der Waals surface area contributed by atoms with Gasteiger partial charge in [-0.1, -0.05) is 23.4 Å². The number of benzene rings is 1. The predicted octanol–water partition coefficient (Wildman–Crippen LogP) is 1.30. The molecule has 1 aromatic heterocycles. The molecule has 0 bridgehead atoms. The number of rotatable bonds is 9. The molecule has 2 N–H and O–H groups in total. The quantitative estimate of drug-likeness (QED) is 0.694. The molecule has 0 radical (unpaired) electrons. The number of aromatic nitrogens is 1. The fraction of sp³-hybridized carbons (Fsp3) is 0.450. The second-order valence-electron chi connectivity index (χ2n) is 6.62. The van der Waals surface area contributed by atoms with Gasteiger partial charge in [-0.05, 0) is 39.3 Å². The zero-order valence-corrected chi connectivity index (χ0v) is 16.5. The monoisotopic (exact) mass is 373 g/mol. The number of aryl methyl sites for hydroxylation is 2. The van der Waals surface area contributed by atoms with Crippen LogP contribution in [0.15, 0.2) is 34.9 Å². The Kier molecular flexibility index (Phi) is 7.55. The van der Waals surface area contributed by atoms with Crippen molar-refractivity contribution in [3.05, 3.63) is 47.2 Å². The number of amides is 2. The van der Waals surface area contributed by atoms with Gasteiger partial charge in [0.1, 0.15) is 12.3 Å². The lowest BCUT2D eigenvalue weighted by molar-refractivity contribution is -0.895. The molecular formula is C20H29N4O3+. The molecule has 1 heterocycles. The minimum Gasteiger partial charge on any atom is -0.360 e. The molecule has 2 amide bonds. The van der Waals surface area contributed by atoms with E-state index in [1.807, 2.05) is 25.1 Å². The van der Waals surface area contributed by atoms with E-state index in [-0.39, 0.29) is 18.4 Å². The predicted molar refractivity (Wildman–Crippen MR) is 104 cm³/mol. The van der Waals surface area contributed by atoms with Crippen LogP contribution in [0.5, 0.6) is 0 Å². The molecule has 7 nitrogen and oxygen atoms in total. The zero-order valence-electron chi connectivity index (χ0n) is 16.5. The van der Waals surface area contributed by atoms with E-state index in [9.17, 15) is 9.59 Å². The normalized spacial score (nSPS) is 10.9. The van der Waals surface area contributed by atoms with Gasteiger partial charge in [0.25, 0.3) is 5.91 Å². The first kappa shape index (κ1) is 20.6. The van der Waals surface area contributed by atoms with Crippen molar-refractivity contribution in [1.82, 2.24) is 10.1 Å². The van der Waals surface area contributed by atoms with E-state index < -0.39 is 0 Å². The van der Waals surface area contributed by atoms with Gasteiger partial charge in [0.05, 0.1) is 26.2 Å². The third kappa shape index (κ3) is 5.92. The number of carbonyl (C=O) groups is 2. The highest BCUT2D eigenvalue weighted by Crippen LogP contribution is 2.11. The molecule has 0 aliphatic carbocycles. The molecule has 1 aromatic carbocycles. The fourth-order valence-corrected chi connectivity index (χ4v) is 2.91. The molecule has 0 saturated carbocycles. The number of likely N-dealkylation sites (N-methyl/N-ethyl adjacent to an activating group) is 1. The van der Waals surface area contributed by atoms with Crippen LogP contribution in [0.3, 0.4) is 0 Å². The Balaban J connectivity index is 2.11. The molecule has 0 fully saturated rings.